The van der Waals surface area contributed by atoms with Gasteiger partial charge in [0.05, 0.1) is 19.1 Å². The highest BCUT2D eigenvalue weighted by atomic mass is 16.5. The predicted octanol–water partition coefficient (Wildman–Crippen LogP) is 0.0687. The average Bonchev–Trinajstić information content (AvgIpc) is 2.50. The van der Waals surface area contributed by atoms with Gasteiger partial charge in [-0.25, -0.2) is 0 Å². The van der Waals surface area contributed by atoms with Gasteiger partial charge in [-0.05, 0) is 12.8 Å². The number of methoxy groups -OCH3 is 1. The van der Waals surface area contributed by atoms with Gasteiger partial charge < -0.3 is 15.4 Å². The van der Waals surface area contributed by atoms with Crippen LogP contribution >= 0.6 is 0 Å². The molecule has 0 bridgehead atoms. The zero-order valence-electron chi connectivity index (χ0n) is 12.9. The third-order valence-corrected chi connectivity index (χ3v) is 4.44. The monoisotopic (exact) mass is 285 g/mol. The fourth-order valence-corrected chi connectivity index (χ4v) is 2.62. The van der Waals surface area contributed by atoms with Crippen molar-refractivity contribution in [2.75, 3.05) is 46.4 Å². The second-order valence-corrected chi connectivity index (χ2v) is 5.34. The van der Waals surface area contributed by atoms with Gasteiger partial charge in [0.1, 0.15) is 0 Å². The molecule has 1 heterocycles. The van der Waals surface area contributed by atoms with E-state index >= 15 is 0 Å². The minimum Gasteiger partial charge on any atom is -0.468 e. The molecule has 0 spiro atoms. The molecule has 0 aromatic heterocycles. The number of hydrogen-bond donors (Lipinski definition) is 1. The van der Waals surface area contributed by atoms with E-state index in [0.717, 1.165) is 12.8 Å². The van der Waals surface area contributed by atoms with Crippen LogP contribution < -0.4 is 5.73 Å². The van der Waals surface area contributed by atoms with Crippen LogP contribution in [0.3, 0.4) is 0 Å². The van der Waals surface area contributed by atoms with Crippen LogP contribution in [0.4, 0.5) is 0 Å². The van der Waals surface area contributed by atoms with Gasteiger partial charge in [-0.2, -0.15) is 0 Å². The first-order valence-corrected chi connectivity index (χ1v) is 7.31. The highest BCUT2D eigenvalue weighted by Crippen LogP contribution is 2.28. The number of esters is 1. The van der Waals surface area contributed by atoms with Gasteiger partial charge >= 0.3 is 5.97 Å². The number of carbonyl (C=O) groups excluding carboxylic acids is 2. The van der Waals surface area contributed by atoms with Gasteiger partial charge in [0.15, 0.2) is 0 Å². The molecule has 0 radical (unpaired) electrons. The molecule has 0 atom stereocenters. The SMILES string of the molecule is CCC(CC)(CN)C(=O)N1CCN(CC(=O)OC)CC1. The van der Waals surface area contributed by atoms with Crippen LogP contribution in [0.2, 0.25) is 0 Å². The number of amides is 1. The van der Waals surface area contributed by atoms with Crippen molar-refractivity contribution in [1.82, 2.24) is 9.80 Å². The van der Waals surface area contributed by atoms with Crippen LogP contribution in [-0.4, -0.2) is 68.1 Å². The number of ether oxygens (including phenoxy) is 1. The molecule has 0 aromatic carbocycles. The Morgan fingerprint density at radius 1 is 1.15 bits per heavy atom. The Balaban J connectivity index is 2.56. The molecule has 1 amide bonds. The summed E-state index contributed by atoms with van der Waals surface area (Å²) in [5.41, 5.74) is 5.40. The molecule has 1 aliphatic rings. The van der Waals surface area contributed by atoms with E-state index in [1.54, 1.807) is 0 Å². The van der Waals surface area contributed by atoms with Crippen molar-refractivity contribution in [1.29, 1.82) is 0 Å². The van der Waals surface area contributed by atoms with Crippen molar-refractivity contribution in [3.63, 3.8) is 0 Å². The van der Waals surface area contributed by atoms with Crippen molar-refractivity contribution in [2.24, 2.45) is 11.1 Å². The fraction of sp³-hybridized carbons (Fsp3) is 0.857. The molecule has 1 aliphatic heterocycles. The number of rotatable bonds is 6. The summed E-state index contributed by atoms with van der Waals surface area (Å²) in [7, 11) is 1.39. The van der Waals surface area contributed by atoms with Crippen molar-refractivity contribution >= 4 is 11.9 Å². The highest BCUT2D eigenvalue weighted by Gasteiger charge is 2.37. The molecule has 0 aromatic rings. The first-order chi connectivity index (χ1) is 9.52. The quantitative estimate of drug-likeness (QED) is 0.699. The number of nitrogens with zero attached hydrogens (tertiary/aromatic N) is 2. The fourth-order valence-electron chi connectivity index (χ4n) is 2.62. The van der Waals surface area contributed by atoms with E-state index in [9.17, 15) is 9.59 Å². The lowest BCUT2D eigenvalue weighted by molar-refractivity contribution is -0.145. The average molecular weight is 285 g/mol. The van der Waals surface area contributed by atoms with Crippen molar-refractivity contribution in [2.45, 2.75) is 26.7 Å². The van der Waals surface area contributed by atoms with Crippen LogP contribution in [0.1, 0.15) is 26.7 Å². The first-order valence-electron chi connectivity index (χ1n) is 7.31. The van der Waals surface area contributed by atoms with Gasteiger partial charge in [0.2, 0.25) is 5.91 Å². The molecule has 116 valence electrons. The summed E-state index contributed by atoms with van der Waals surface area (Å²) in [6.45, 7) is 7.42. The maximum Gasteiger partial charge on any atom is 0.319 e. The minimum atomic E-state index is -0.426. The molecule has 2 N–H and O–H groups in total. The summed E-state index contributed by atoms with van der Waals surface area (Å²) in [5, 5.41) is 0. The molecule has 20 heavy (non-hydrogen) atoms. The maximum absolute atomic E-state index is 12.6. The summed E-state index contributed by atoms with van der Waals surface area (Å²) in [5.74, 6) is -0.0779. The van der Waals surface area contributed by atoms with Gasteiger partial charge in [-0.1, -0.05) is 13.8 Å². The zero-order chi connectivity index (χ0) is 15.2. The second kappa shape index (κ2) is 7.59. The van der Waals surface area contributed by atoms with Crippen LogP contribution in [0.15, 0.2) is 0 Å². The van der Waals surface area contributed by atoms with E-state index in [1.165, 1.54) is 7.11 Å². The summed E-state index contributed by atoms with van der Waals surface area (Å²) < 4.78 is 4.66. The van der Waals surface area contributed by atoms with Crippen molar-refractivity contribution in [3.05, 3.63) is 0 Å². The Morgan fingerprint density at radius 2 is 1.70 bits per heavy atom. The van der Waals surface area contributed by atoms with E-state index in [-0.39, 0.29) is 11.9 Å². The van der Waals surface area contributed by atoms with Gasteiger partial charge in [0.25, 0.3) is 0 Å². The molecule has 1 fully saturated rings. The van der Waals surface area contributed by atoms with Crippen molar-refractivity contribution in [3.8, 4) is 0 Å². The number of piperazine rings is 1. The lowest BCUT2D eigenvalue weighted by Gasteiger charge is -2.40. The molecule has 0 aliphatic carbocycles. The van der Waals surface area contributed by atoms with Gasteiger partial charge in [0, 0.05) is 32.7 Å². The molecule has 0 saturated carbocycles. The lowest BCUT2D eigenvalue weighted by atomic mass is 9.81. The molecule has 6 heteroatoms. The molecule has 6 nitrogen and oxygen atoms in total. The lowest BCUT2D eigenvalue weighted by Crippen LogP contribution is -2.55. The first kappa shape index (κ1) is 16.9. The third kappa shape index (κ3) is 3.70. The van der Waals surface area contributed by atoms with Gasteiger partial charge in [-0.15, -0.1) is 0 Å². The van der Waals surface area contributed by atoms with Crippen LogP contribution in [-0.2, 0) is 14.3 Å². The van der Waals surface area contributed by atoms with Gasteiger partial charge in [-0.3, -0.25) is 14.5 Å². The summed E-state index contributed by atoms with van der Waals surface area (Å²) in [6, 6.07) is 0. The smallest absolute Gasteiger partial charge is 0.319 e. The second-order valence-electron chi connectivity index (χ2n) is 5.34. The summed E-state index contributed by atoms with van der Waals surface area (Å²) >= 11 is 0. The van der Waals surface area contributed by atoms with E-state index in [1.807, 2.05) is 23.6 Å². The Morgan fingerprint density at radius 3 is 2.10 bits per heavy atom. The summed E-state index contributed by atoms with van der Waals surface area (Å²) in [6.07, 6.45) is 1.53. The number of nitrogens with two attached hydrogens (primary N) is 1. The molecule has 1 rings (SSSR count). The highest BCUT2D eigenvalue weighted by molar-refractivity contribution is 5.83. The Labute approximate surface area is 121 Å². The molecule has 0 unspecified atom stereocenters. The van der Waals surface area contributed by atoms with Crippen LogP contribution in [0, 0.1) is 5.41 Å². The standard InChI is InChI=1S/C14H27N3O3/c1-4-14(5-2,11-15)13(19)17-8-6-16(7-9-17)10-12(18)20-3/h4-11,15H2,1-3H3. The zero-order valence-corrected chi connectivity index (χ0v) is 12.9. The van der Waals surface area contributed by atoms with E-state index < -0.39 is 5.41 Å². The minimum absolute atomic E-state index is 0.155. The normalized spacial score (nSPS) is 17.1. The van der Waals surface area contributed by atoms with E-state index in [2.05, 4.69) is 4.74 Å². The van der Waals surface area contributed by atoms with E-state index in [0.29, 0.717) is 39.3 Å². The molecule has 1 saturated heterocycles. The predicted molar refractivity (Wildman–Crippen MR) is 77.1 cm³/mol. The Kier molecular flexibility index (Phi) is 6.42. The van der Waals surface area contributed by atoms with E-state index in [4.69, 9.17) is 5.73 Å². The Hall–Kier alpha value is -1.14. The largest absolute Gasteiger partial charge is 0.468 e. The third-order valence-electron chi connectivity index (χ3n) is 4.44. The topological polar surface area (TPSA) is 75.9 Å². The summed E-state index contributed by atoms with van der Waals surface area (Å²) in [4.78, 5) is 27.8. The number of hydrogen-bond acceptors (Lipinski definition) is 5. The maximum atomic E-state index is 12.6. The molecular weight excluding hydrogens is 258 g/mol. The molecular formula is C14H27N3O3. The number of carbonyl (C=O) groups is 2. The van der Waals surface area contributed by atoms with Crippen LogP contribution in [0.25, 0.3) is 0 Å². The van der Waals surface area contributed by atoms with Crippen LogP contribution in [0.5, 0.6) is 0 Å². The Bertz CT molecular complexity index is 326. The van der Waals surface area contributed by atoms with Crippen molar-refractivity contribution < 1.29 is 14.3 Å².